The summed E-state index contributed by atoms with van der Waals surface area (Å²) in [5.41, 5.74) is 2.86. The Morgan fingerprint density at radius 3 is 2.52 bits per heavy atom. The molecule has 0 aliphatic heterocycles. The van der Waals surface area contributed by atoms with Crippen molar-refractivity contribution in [3.63, 3.8) is 0 Å². The van der Waals surface area contributed by atoms with Gasteiger partial charge in [0.2, 0.25) is 5.56 Å². The van der Waals surface area contributed by atoms with Gasteiger partial charge in [0.05, 0.1) is 5.52 Å². The predicted molar refractivity (Wildman–Crippen MR) is 111 cm³/mol. The van der Waals surface area contributed by atoms with Crippen LogP contribution in [0.1, 0.15) is 35.7 Å². The summed E-state index contributed by atoms with van der Waals surface area (Å²) in [5, 5.41) is 5.88. The largest absolute Gasteiger partial charge is 0.322 e. The summed E-state index contributed by atoms with van der Waals surface area (Å²) >= 11 is 0. The third-order valence-electron chi connectivity index (χ3n) is 4.79. The molecule has 0 radical (unpaired) electrons. The highest BCUT2D eigenvalue weighted by atomic mass is 16.1. The van der Waals surface area contributed by atoms with Crippen molar-refractivity contribution in [3.05, 3.63) is 88.2 Å². The molecule has 0 saturated carbocycles. The van der Waals surface area contributed by atoms with Crippen LogP contribution >= 0.6 is 0 Å². The average molecular weight is 356 g/mol. The van der Waals surface area contributed by atoms with E-state index in [9.17, 15) is 9.59 Å². The minimum absolute atomic E-state index is 0.135. The van der Waals surface area contributed by atoms with Gasteiger partial charge in [0, 0.05) is 22.7 Å². The van der Waals surface area contributed by atoms with Crippen molar-refractivity contribution in [2.75, 3.05) is 5.32 Å². The minimum Gasteiger partial charge on any atom is -0.322 e. The zero-order valence-electron chi connectivity index (χ0n) is 15.2. The number of aromatic nitrogens is 1. The van der Waals surface area contributed by atoms with Gasteiger partial charge >= 0.3 is 0 Å². The molecule has 27 heavy (non-hydrogen) atoms. The van der Waals surface area contributed by atoms with E-state index in [1.807, 2.05) is 60.7 Å². The molecule has 0 atom stereocenters. The van der Waals surface area contributed by atoms with Crippen molar-refractivity contribution in [2.24, 2.45) is 0 Å². The van der Waals surface area contributed by atoms with Crippen LogP contribution < -0.4 is 10.9 Å². The molecule has 0 saturated heterocycles. The second-order valence-electron chi connectivity index (χ2n) is 6.98. The fraction of sp³-hybridized carbons (Fsp3) is 0.130. The Morgan fingerprint density at radius 2 is 1.70 bits per heavy atom. The molecule has 134 valence electrons. The van der Waals surface area contributed by atoms with E-state index in [0.29, 0.717) is 11.3 Å². The number of hydrogen-bond donors (Lipinski definition) is 2. The third-order valence-corrected chi connectivity index (χ3v) is 4.79. The van der Waals surface area contributed by atoms with E-state index in [1.54, 1.807) is 6.07 Å². The van der Waals surface area contributed by atoms with Crippen LogP contribution in [-0.2, 0) is 0 Å². The maximum atomic E-state index is 12.8. The zero-order valence-corrected chi connectivity index (χ0v) is 15.2. The van der Waals surface area contributed by atoms with Gasteiger partial charge in [0.1, 0.15) is 0 Å². The first-order valence-corrected chi connectivity index (χ1v) is 8.99. The standard InChI is InChI=1S/C23H20N2O2/c1-14(2)20-13-22(26)25-21-12-16(10-11-18(20)21)24-23(27)19-9-5-7-15-6-3-4-8-17(15)19/h3-14H,1-2H3,(H,24,27)(H,25,26). The van der Waals surface area contributed by atoms with E-state index >= 15 is 0 Å². The number of hydrogen-bond acceptors (Lipinski definition) is 2. The van der Waals surface area contributed by atoms with Crippen LogP contribution in [0.2, 0.25) is 0 Å². The van der Waals surface area contributed by atoms with Gasteiger partial charge in [0.15, 0.2) is 0 Å². The lowest BCUT2D eigenvalue weighted by atomic mass is 9.98. The summed E-state index contributed by atoms with van der Waals surface area (Å²) in [6.45, 7) is 4.12. The number of anilines is 1. The number of pyridine rings is 1. The number of aromatic amines is 1. The number of carbonyl (C=O) groups is 1. The molecule has 0 fully saturated rings. The maximum Gasteiger partial charge on any atom is 0.256 e. The molecule has 1 aromatic heterocycles. The van der Waals surface area contributed by atoms with Crippen LogP contribution in [-0.4, -0.2) is 10.9 Å². The van der Waals surface area contributed by atoms with Gasteiger partial charge in [-0.15, -0.1) is 0 Å². The number of H-pyrrole nitrogens is 1. The number of amides is 1. The second-order valence-corrected chi connectivity index (χ2v) is 6.98. The van der Waals surface area contributed by atoms with Crippen LogP contribution in [0.15, 0.2) is 71.5 Å². The maximum absolute atomic E-state index is 12.8. The first kappa shape index (κ1) is 17.0. The van der Waals surface area contributed by atoms with Gasteiger partial charge in [-0.3, -0.25) is 9.59 Å². The van der Waals surface area contributed by atoms with Gasteiger partial charge in [-0.2, -0.15) is 0 Å². The Labute approximate surface area is 156 Å². The quantitative estimate of drug-likeness (QED) is 0.539. The Balaban J connectivity index is 1.73. The molecule has 0 aliphatic rings. The summed E-state index contributed by atoms with van der Waals surface area (Å²) in [7, 11) is 0. The molecule has 0 spiro atoms. The van der Waals surface area contributed by atoms with Crippen molar-refractivity contribution in [1.82, 2.24) is 4.98 Å². The highest BCUT2D eigenvalue weighted by Crippen LogP contribution is 2.26. The molecule has 3 aromatic carbocycles. The summed E-state index contributed by atoms with van der Waals surface area (Å²) in [6, 6.07) is 20.8. The molecule has 4 heteroatoms. The zero-order chi connectivity index (χ0) is 19.0. The highest BCUT2D eigenvalue weighted by molar-refractivity contribution is 6.13. The first-order chi connectivity index (χ1) is 13.0. The third kappa shape index (κ3) is 3.22. The van der Waals surface area contributed by atoms with Gasteiger partial charge in [0.25, 0.3) is 5.91 Å². The van der Waals surface area contributed by atoms with Crippen LogP contribution in [0.25, 0.3) is 21.7 Å². The van der Waals surface area contributed by atoms with Gasteiger partial charge < -0.3 is 10.3 Å². The van der Waals surface area contributed by atoms with Crippen molar-refractivity contribution < 1.29 is 4.79 Å². The smallest absolute Gasteiger partial charge is 0.256 e. The Hall–Kier alpha value is -3.40. The molecule has 1 heterocycles. The molecule has 0 unspecified atom stereocenters. The van der Waals surface area contributed by atoms with E-state index in [4.69, 9.17) is 0 Å². The topological polar surface area (TPSA) is 62.0 Å². The van der Waals surface area contributed by atoms with Crippen LogP contribution in [0.3, 0.4) is 0 Å². The summed E-state index contributed by atoms with van der Waals surface area (Å²) in [4.78, 5) is 27.7. The highest BCUT2D eigenvalue weighted by Gasteiger charge is 2.12. The normalized spacial score (nSPS) is 11.2. The molecular weight excluding hydrogens is 336 g/mol. The molecule has 0 bridgehead atoms. The summed E-state index contributed by atoms with van der Waals surface area (Å²) in [5.74, 6) is 0.0689. The number of benzene rings is 3. The van der Waals surface area contributed by atoms with E-state index < -0.39 is 0 Å². The Kier molecular flexibility index (Phi) is 4.24. The van der Waals surface area contributed by atoms with Crippen molar-refractivity contribution in [1.29, 1.82) is 0 Å². The lowest BCUT2D eigenvalue weighted by molar-refractivity contribution is 0.102. The summed E-state index contributed by atoms with van der Waals surface area (Å²) in [6.07, 6.45) is 0. The Bertz CT molecular complexity index is 1220. The van der Waals surface area contributed by atoms with E-state index in [0.717, 1.165) is 27.2 Å². The van der Waals surface area contributed by atoms with Gasteiger partial charge in [-0.05, 0) is 40.5 Å². The second kappa shape index (κ2) is 6.72. The lowest BCUT2D eigenvalue weighted by Crippen LogP contribution is -2.13. The number of carbonyl (C=O) groups excluding carboxylic acids is 1. The van der Waals surface area contributed by atoms with E-state index in [2.05, 4.69) is 24.1 Å². The van der Waals surface area contributed by atoms with Crippen molar-refractivity contribution in [3.8, 4) is 0 Å². The first-order valence-electron chi connectivity index (χ1n) is 8.99. The Morgan fingerprint density at radius 1 is 0.926 bits per heavy atom. The molecule has 0 aliphatic carbocycles. The van der Waals surface area contributed by atoms with Crippen LogP contribution in [0.5, 0.6) is 0 Å². The molecule has 4 aromatic rings. The summed E-state index contributed by atoms with van der Waals surface area (Å²) < 4.78 is 0. The van der Waals surface area contributed by atoms with E-state index in [1.165, 1.54) is 0 Å². The minimum atomic E-state index is -0.173. The SMILES string of the molecule is CC(C)c1cc(=O)[nH]c2cc(NC(=O)c3cccc4ccccc34)ccc12. The van der Waals surface area contributed by atoms with Crippen molar-refractivity contribution in [2.45, 2.75) is 19.8 Å². The fourth-order valence-electron chi connectivity index (χ4n) is 3.46. The lowest BCUT2D eigenvalue weighted by Gasteiger charge is -2.12. The predicted octanol–water partition coefficient (Wildman–Crippen LogP) is 5.06. The van der Waals surface area contributed by atoms with Gasteiger partial charge in [-0.1, -0.05) is 56.3 Å². The molecule has 4 nitrogen and oxygen atoms in total. The monoisotopic (exact) mass is 356 g/mol. The number of rotatable bonds is 3. The van der Waals surface area contributed by atoms with E-state index in [-0.39, 0.29) is 17.4 Å². The average Bonchev–Trinajstić information content (AvgIpc) is 2.66. The number of nitrogens with one attached hydrogen (secondary N) is 2. The van der Waals surface area contributed by atoms with Gasteiger partial charge in [-0.25, -0.2) is 0 Å². The van der Waals surface area contributed by atoms with Crippen molar-refractivity contribution >= 4 is 33.3 Å². The molecule has 4 rings (SSSR count). The van der Waals surface area contributed by atoms with Crippen LogP contribution in [0, 0.1) is 0 Å². The molecule has 2 N–H and O–H groups in total. The number of fused-ring (bicyclic) bond motifs is 2. The fourth-order valence-corrected chi connectivity index (χ4v) is 3.46. The van der Waals surface area contributed by atoms with Crippen LogP contribution in [0.4, 0.5) is 5.69 Å². The molecule has 1 amide bonds. The molecular formula is C23H20N2O2.